The average molecular weight is 323 g/mol. The fourth-order valence-corrected chi connectivity index (χ4v) is 2.71. The lowest BCUT2D eigenvalue weighted by atomic mass is 10.1. The highest BCUT2D eigenvalue weighted by atomic mass is 16.6. The minimum atomic E-state index is -0.471. The highest BCUT2D eigenvalue weighted by Crippen LogP contribution is 2.16. The molecule has 0 radical (unpaired) electrons. The van der Waals surface area contributed by atoms with Crippen LogP contribution in [0.4, 0.5) is 4.79 Å². The summed E-state index contributed by atoms with van der Waals surface area (Å²) < 4.78 is 7.38. The average Bonchev–Trinajstić information content (AvgIpc) is 2.93. The van der Waals surface area contributed by atoms with Gasteiger partial charge in [0.05, 0.1) is 6.20 Å². The Morgan fingerprint density at radius 3 is 2.74 bits per heavy atom. The van der Waals surface area contributed by atoms with Crippen molar-refractivity contribution >= 4 is 6.09 Å². The zero-order chi connectivity index (χ0) is 17.0. The van der Waals surface area contributed by atoms with E-state index in [0.29, 0.717) is 19.6 Å². The molecular weight excluding hydrogens is 294 g/mol. The Balaban J connectivity index is 1.94. The molecule has 1 amide bonds. The van der Waals surface area contributed by atoms with Gasteiger partial charge in [-0.05, 0) is 27.7 Å². The fourth-order valence-electron chi connectivity index (χ4n) is 2.71. The number of ether oxygens (including phenoxy) is 1. The molecule has 1 fully saturated rings. The van der Waals surface area contributed by atoms with E-state index in [1.54, 1.807) is 4.90 Å². The number of nitrogens with two attached hydrogens (primary N) is 1. The van der Waals surface area contributed by atoms with Crippen molar-refractivity contribution in [2.75, 3.05) is 26.2 Å². The van der Waals surface area contributed by atoms with E-state index in [9.17, 15) is 4.79 Å². The molecule has 0 aromatic carbocycles. The van der Waals surface area contributed by atoms with Crippen LogP contribution in [0.1, 0.15) is 33.3 Å². The van der Waals surface area contributed by atoms with Crippen molar-refractivity contribution in [3.63, 3.8) is 0 Å². The van der Waals surface area contributed by atoms with E-state index in [1.807, 2.05) is 31.6 Å². The Hall–Kier alpha value is -1.60. The summed E-state index contributed by atoms with van der Waals surface area (Å²) in [5.74, 6) is 0. The van der Waals surface area contributed by atoms with E-state index in [4.69, 9.17) is 10.5 Å². The van der Waals surface area contributed by atoms with Crippen LogP contribution in [0.2, 0.25) is 0 Å². The van der Waals surface area contributed by atoms with Crippen LogP contribution >= 0.6 is 0 Å². The second-order valence-electron chi connectivity index (χ2n) is 6.99. The molecule has 1 unspecified atom stereocenters. The quantitative estimate of drug-likeness (QED) is 0.903. The molecule has 1 aromatic heterocycles. The number of aryl methyl sites for hydroxylation is 1. The topological polar surface area (TPSA) is 76.6 Å². The summed E-state index contributed by atoms with van der Waals surface area (Å²) in [5, 5.41) is 4.31. The minimum absolute atomic E-state index is 0.140. The lowest BCUT2D eigenvalue weighted by Crippen LogP contribution is -2.57. The number of carbonyl (C=O) groups excluding carboxylic acids is 1. The molecule has 2 rings (SSSR count). The first-order valence-corrected chi connectivity index (χ1v) is 8.25. The van der Waals surface area contributed by atoms with Crippen molar-refractivity contribution in [3.8, 4) is 0 Å². The predicted octanol–water partition coefficient (Wildman–Crippen LogP) is 1.28. The summed E-state index contributed by atoms with van der Waals surface area (Å²) in [7, 11) is 0. The Bertz CT molecular complexity index is 523. The Labute approximate surface area is 138 Å². The molecule has 1 aliphatic heterocycles. The van der Waals surface area contributed by atoms with Gasteiger partial charge in [-0.3, -0.25) is 9.58 Å². The van der Waals surface area contributed by atoms with Crippen molar-refractivity contribution < 1.29 is 9.53 Å². The first-order chi connectivity index (χ1) is 10.8. The molecule has 130 valence electrons. The summed E-state index contributed by atoms with van der Waals surface area (Å²) in [6.45, 7) is 12.0. The third-order valence-corrected chi connectivity index (χ3v) is 3.92. The van der Waals surface area contributed by atoms with Gasteiger partial charge >= 0.3 is 6.09 Å². The molecule has 2 N–H and O–H groups in total. The summed E-state index contributed by atoms with van der Waals surface area (Å²) in [4.78, 5) is 16.3. The SMILES string of the molecule is CCn1cc(CN2CCN(C(=O)OC(C)(C)C)CC2CN)cn1. The molecule has 1 saturated heterocycles. The number of hydrogen-bond acceptors (Lipinski definition) is 5. The van der Waals surface area contributed by atoms with Crippen molar-refractivity contribution in [2.24, 2.45) is 5.73 Å². The molecule has 0 spiro atoms. The monoisotopic (exact) mass is 323 g/mol. The Morgan fingerprint density at radius 2 is 2.17 bits per heavy atom. The first kappa shape index (κ1) is 17.7. The molecule has 7 heteroatoms. The fraction of sp³-hybridized carbons (Fsp3) is 0.750. The molecule has 23 heavy (non-hydrogen) atoms. The van der Waals surface area contributed by atoms with Gasteiger partial charge in [-0.15, -0.1) is 0 Å². The van der Waals surface area contributed by atoms with Gasteiger partial charge in [0.1, 0.15) is 5.60 Å². The predicted molar refractivity (Wildman–Crippen MR) is 89.0 cm³/mol. The maximum absolute atomic E-state index is 12.2. The molecule has 1 aromatic rings. The van der Waals surface area contributed by atoms with Crippen LogP contribution in [-0.2, 0) is 17.8 Å². The minimum Gasteiger partial charge on any atom is -0.444 e. The summed E-state index contributed by atoms with van der Waals surface area (Å²) in [6, 6.07) is 0.140. The Morgan fingerprint density at radius 1 is 1.43 bits per heavy atom. The molecule has 1 aliphatic rings. The normalized spacial score (nSPS) is 19.9. The molecule has 0 aliphatic carbocycles. The summed E-state index contributed by atoms with van der Waals surface area (Å²) in [5.41, 5.74) is 6.63. The van der Waals surface area contributed by atoms with E-state index >= 15 is 0 Å². The van der Waals surface area contributed by atoms with Crippen LogP contribution < -0.4 is 5.73 Å². The van der Waals surface area contributed by atoms with Gasteiger partial charge in [0, 0.05) is 57.1 Å². The molecule has 0 bridgehead atoms. The summed E-state index contributed by atoms with van der Waals surface area (Å²) >= 11 is 0. The first-order valence-electron chi connectivity index (χ1n) is 8.25. The van der Waals surface area contributed by atoms with E-state index in [-0.39, 0.29) is 12.1 Å². The van der Waals surface area contributed by atoms with Crippen LogP contribution in [0.15, 0.2) is 12.4 Å². The van der Waals surface area contributed by atoms with Gasteiger partial charge in [0.15, 0.2) is 0 Å². The van der Waals surface area contributed by atoms with Gasteiger partial charge in [-0.1, -0.05) is 0 Å². The molecule has 7 nitrogen and oxygen atoms in total. The smallest absolute Gasteiger partial charge is 0.410 e. The lowest BCUT2D eigenvalue weighted by Gasteiger charge is -2.41. The van der Waals surface area contributed by atoms with Gasteiger partial charge in [0.25, 0.3) is 0 Å². The van der Waals surface area contributed by atoms with E-state index < -0.39 is 5.60 Å². The van der Waals surface area contributed by atoms with Crippen molar-refractivity contribution in [2.45, 2.75) is 52.4 Å². The van der Waals surface area contributed by atoms with E-state index in [1.165, 1.54) is 5.56 Å². The molecule has 0 saturated carbocycles. The van der Waals surface area contributed by atoms with E-state index in [0.717, 1.165) is 19.6 Å². The standard InChI is InChI=1S/C16H29N5O2/c1-5-21-11-13(9-18-21)10-19-6-7-20(12-14(19)8-17)15(22)23-16(2,3)4/h9,11,14H,5-8,10,12,17H2,1-4H3. The van der Waals surface area contributed by atoms with Crippen LogP contribution in [0.3, 0.4) is 0 Å². The Kier molecular flexibility index (Phi) is 5.64. The second kappa shape index (κ2) is 7.31. The highest BCUT2D eigenvalue weighted by molar-refractivity contribution is 5.68. The number of amides is 1. The van der Waals surface area contributed by atoms with Gasteiger partial charge in [-0.2, -0.15) is 5.10 Å². The molecule has 2 heterocycles. The number of nitrogens with zero attached hydrogens (tertiary/aromatic N) is 4. The largest absolute Gasteiger partial charge is 0.444 e. The van der Waals surface area contributed by atoms with E-state index in [2.05, 4.69) is 23.1 Å². The number of rotatable bonds is 4. The third-order valence-electron chi connectivity index (χ3n) is 3.92. The number of hydrogen-bond donors (Lipinski definition) is 1. The summed E-state index contributed by atoms with van der Waals surface area (Å²) in [6.07, 6.45) is 3.71. The zero-order valence-electron chi connectivity index (χ0n) is 14.7. The molecular formula is C16H29N5O2. The number of carbonyl (C=O) groups is 1. The van der Waals surface area contributed by atoms with Gasteiger partial charge in [-0.25, -0.2) is 4.79 Å². The van der Waals surface area contributed by atoms with Gasteiger partial charge < -0.3 is 15.4 Å². The van der Waals surface area contributed by atoms with Crippen molar-refractivity contribution in [3.05, 3.63) is 18.0 Å². The maximum atomic E-state index is 12.2. The third kappa shape index (κ3) is 4.94. The van der Waals surface area contributed by atoms with Gasteiger partial charge in [0.2, 0.25) is 0 Å². The second-order valence-corrected chi connectivity index (χ2v) is 6.99. The van der Waals surface area contributed by atoms with Crippen molar-refractivity contribution in [1.29, 1.82) is 0 Å². The van der Waals surface area contributed by atoms with Crippen LogP contribution in [-0.4, -0.2) is 63.5 Å². The maximum Gasteiger partial charge on any atom is 0.410 e. The van der Waals surface area contributed by atoms with Crippen LogP contribution in [0, 0.1) is 0 Å². The highest BCUT2D eigenvalue weighted by Gasteiger charge is 2.31. The number of piperazine rings is 1. The van der Waals surface area contributed by atoms with Crippen molar-refractivity contribution in [1.82, 2.24) is 19.6 Å². The zero-order valence-corrected chi connectivity index (χ0v) is 14.7. The lowest BCUT2D eigenvalue weighted by molar-refractivity contribution is 0.00353. The van der Waals surface area contributed by atoms with Crippen LogP contribution in [0.5, 0.6) is 0 Å². The number of aromatic nitrogens is 2. The molecule has 1 atom stereocenters. The van der Waals surface area contributed by atoms with Crippen LogP contribution in [0.25, 0.3) is 0 Å².